The number of aliphatic carboxylic acids is 2. The van der Waals surface area contributed by atoms with Gasteiger partial charge in [-0.15, -0.1) is 0 Å². The van der Waals surface area contributed by atoms with Gasteiger partial charge in [0.15, 0.2) is 0 Å². The summed E-state index contributed by atoms with van der Waals surface area (Å²) in [6.45, 7) is 4.04. The minimum atomic E-state index is -1.26. The third kappa shape index (κ3) is 19.6. The zero-order valence-electron chi connectivity index (χ0n) is 21.5. The van der Waals surface area contributed by atoms with Gasteiger partial charge in [-0.25, -0.2) is 9.59 Å². The van der Waals surface area contributed by atoms with Crippen molar-refractivity contribution in [2.24, 2.45) is 5.73 Å². The number of rotatable bonds is 17. The number of carboxylic acids is 2. The molecule has 35 heavy (non-hydrogen) atoms. The average molecular weight is 498 g/mol. The Bertz CT molecular complexity index is 623. The summed E-state index contributed by atoms with van der Waals surface area (Å²) < 4.78 is 0. The summed E-state index contributed by atoms with van der Waals surface area (Å²) in [5, 5.41) is 18.6. The minimum absolute atomic E-state index is 0.00911. The van der Waals surface area contributed by atoms with E-state index in [0.717, 1.165) is 38.6 Å². The Morgan fingerprint density at radius 3 is 1.91 bits per heavy atom. The first-order valence-corrected chi connectivity index (χ1v) is 13.2. The van der Waals surface area contributed by atoms with Crippen LogP contribution in [0, 0.1) is 0 Å². The van der Waals surface area contributed by atoms with Crippen LogP contribution in [0.1, 0.15) is 103 Å². The predicted octanol–water partition coefficient (Wildman–Crippen LogP) is 3.86. The van der Waals surface area contributed by atoms with Crippen LogP contribution in [0.3, 0.4) is 0 Å². The molecular weight excluding hydrogens is 450 g/mol. The lowest BCUT2D eigenvalue weighted by atomic mass is 10.0. The number of piperidine rings is 1. The van der Waals surface area contributed by atoms with Gasteiger partial charge in [0.1, 0.15) is 0 Å². The first-order chi connectivity index (χ1) is 16.8. The lowest BCUT2D eigenvalue weighted by Gasteiger charge is -2.36. The molecule has 1 heterocycles. The monoisotopic (exact) mass is 497 g/mol. The summed E-state index contributed by atoms with van der Waals surface area (Å²) in [6.07, 6.45) is 18.2. The Labute approximate surface area is 210 Å². The van der Waals surface area contributed by atoms with E-state index in [9.17, 15) is 19.2 Å². The van der Waals surface area contributed by atoms with Crippen LogP contribution in [0.4, 0.5) is 0 Å². The predicted molar refractivity (Wildman–Crippen MR) is 137 cm³/mol. The molecule has 2 amide bonds. The lowest BCUT2D eigenvalue weighted by Crippen LogP contribution is -2.49. The average Bonchev–Trinajstić information content (AvgIpc) is 2.83. The van der Waals surface area contributed by atoms with Crippen molar-refractivity contribution in [3.63, 3.8) is 0 Å². The number of carbonyl (C=O) groups is 4. The van der Waals surface area contributed by atoms with Crippen molar-refractivity contribution in [2.45, 2.75) is 109 Å². The molecule has 0 aromatic carbocycles. The van der Waals surface area contributed by atoms with E-state index in [-0.39, 0.29) is 17.9 Å². The van der Waals surface area contributed by atoms with E-state index >= 15 is 0 Å². The zero-order chi connectivity index (χ0) is 26.3. The van der Waals surface area contributed by atoms with Crippen LogP contribution in [0.2, 0.25) is 0 Å². The van der Waals surface area contributed by atoms with Crippen LogP contribution in [0.25, 0.3) is 0 Å². The third-order valence-electron chi connectivity index (χ3n) is 5.97. The molecule has 0 radical (unpaired) electrons. The molecule has 0 bridgehead atoms. The van der Waals surface area contributed by atoms with Crippen LogP contribution in [-0.4, -0.2) is 64.5 Å². The van der Waals surface area contributed by atoms with Crippen LogP contribution in [0.5, 0.6) is 0 Å². The molecule has 0 aromatic rings. The lowest BCUT2D eigenvalue weighted by molar-refractivity contribution is -0.135. The molecule has 1 atom stereocenters. The van der Waals surface area contributed by atoms with Crippen molar-refractivity contribution in [3.05, 3.63) is 12.2 Å². The summed E-state index contributed by atoms with van der Waals surface area (Å²) in [6, 6.07) is 0.163. The van der Waals surface area contributed by atoms with Crippen molar-refractivity contribution >= 4 is 23.8 Å². The number of carboxylic acid groups (broad SMARTS) is 2. The summed E-state index contributed by atoms with van der Waals surface area (Å²) in [7, 11) is 0. The molecule has 1 unspecified atom stereocenters. The molecule has 0 aliphatic carbocycles. The number of likely N-dealkylation sites (tertiary alicyclic amines) is 1. The molecular formula is C26H47N3O6. The Hall–Kier alpha value is -2.42. The number of carbonyl (C=O) groups excluding carboxylic acids is 2. The molecule has 1 aliphatic heterocycles. The van der Waals surface area contributed by atoms with Gasteiger partial charge >= 0.3 is 11.9 Å². The van der Waals surface area contributed by atoms with E-state index in [1.165, 1.54) is 51.4 Å². The summed E-state index contributed by atoms with van der Waals surface area (Å²) in [5.41, 5.74) is 5.41. The van der Waals surface area contributed by atoms with Crippen molar-refractivity contribution in [3.8, 4) is 0 Å². The number of amides is 2. The molecule has 9 nitrogen and oxygen atoms in total. The van der Waals surface area contributed by atoms with E-state index in [1.54, 1.807) is 0 Å². The fourth-order valence-electron chi connectivity index (χ4n) is 4.04. The number of nitrogens with one attached hydrogen (secondary N) is 1. The molecule has 1 aliphatic rings. The molecule has 202 valence electrons. The fraction of sp³-hybridized carbons (Fsp3) is 0.769. The maximum Gasteiger partial charge on any atom is 0.328 e. The molecule has 9 heteroatoms. The number of hydrogen-bond donors (Lipinski definition) is 4. The Balaban J connectivity index is 0.00000124. The van der Waals surface area contributed by atoms with Gasteiger partial charge < -0.3 is 26.2 Å². The molecule has 1 saturated heterocycles. The smallest absolute Gasteiger partial charge is 0.328 e. The highest BCUT2D eigenvalue weighted by Crippen LogP contribution is 2.19. The highest BCUT2D eigenvalue weighted by Gasteiger charge is 2.26. The summed E-state index contributed by atoms with van der Waals surface area (Å²) in [4.78, 5) is 45.4. The van der Waals surface area contributed by atoms with Crippen LogP contribution >= 0.6 is 0 Å². The topological polar surface area (TPSA) is 150 Å². The molecule has 0 saturated carbocycles. The van der Waals surface area contributed by atoms with Gasteiger partial charge in [0.25, 0.3) is 0 Å². The van der Waals surface area contributed by atoms with Gasteiger partial charge in [-0.1, -0.05) is 64.7 Å². The van der Waals surface area contributed by atoms with Gasteiger partial charge in [0, 0.05) is 50.7 Å². The molecule has 0 aromatic heterocycles. The zero-order valence-corrected chi connectivity index (χ0v) is 21.5. The molecule has 1 rings (SSSR count). The number of nitrogens with zero attached hydrogens (tertiary/aromatic N) is 1. The normalized spacial score (nSPS) is 15.4. The van der Waals surface area contributed by atoms with Gasteiger partial charge in [-0.3, -0.25) is 9.59 Å². The van der Waals surface area contributed by atoms with Crippen LogP contribution in [0.15, 0.2) is 12.2 Å². The second-order valence-corrected chi connectivity index (χ2v) is 9.02. The standard InChI is InChI=1S/C22H43N3O2.C4H4O4/c1-2-3-4-5-6-7-8-9-10-11-15-22(27)25-18-13-12-14-20(25)19-24-21(26)16-17-23;5-3(6)1-2-4(7)8/h20H,2-19,23H2,1H3,(H,24,26);1-2H,(H,5,6)(H,7,8)/b;2-1+. The van der Waals surface area contributed by atoms with Gasteiger partial charge in [-0.2, -0.15) is 0 Å². The number of unbranched alkanes of at least 4 members (excludes halogenated alkanes) is 9. The van der Waals surface area contributed by atoms with Crippen molar-refractivity contribution in [1.82, 2.24) is 10.2 Å². The number of hydrogen-bond acceptors (Lipinski definition) is 5. The second-order valence-electron chi connectivity index (χ2n) is 9.02. The quantitative estimate of drug-likeness (QED) is 0.176. The first kappa shape index (κ1) is 32.6. The van der Waals surface area contributed by atoms with E-state index in [0.29, 0.717) is 38.1 Å². The van der Waals surface area contributed by atoms with E-state index in [4.69, 9.17) is 15.9 Å². The first-order valence-electron chi connectivity index (χ1n) is 13.2. The molecule has 1 fully saturated rings. The van der Waals surface area contributed by atoms with E-state index in [1.807, 2.05) is 4.90 Å². The largest absolute Gasteiger partial charge is 0.478 e. The van der Waals surface area contributed by atoms with Crippen molar-refractivity contribution < 1.29 is 29.4 Å². The van der Waals surface area contributed by atoms with Crippen LogP contribution < -0.4 is 11.1 Å². The Morgan fingerprint density at radius 1 is 0.857 bits per heavy atom. The van der Waals surface area contributed by atoms with E-state index < -0.39 is 11.9 Å². The highest BCUT2D eigenvalue weighted by atomic mass is 16.4. The van der Waals surface area contributed by atoms with Gasteiger partial charge in [0.2, 0.25) is 11.8 Å². The van der Waals surface area contributed by atoms with Gasteiger partial charge in [-0.05, 0) is 25.7 Å². The van der Waals surface area contributed by atoms with Crippen LogP contribution in [-0.2, 0) is 19.2 Å². The summed E-state index contributed by atoms with van der Waals surface area (Å²) in [5.74, 6) is -2.25. The second kappa shape index (κ2) is 22.1. The van der Waals surface area contributed by atoms with E-state index in [2.05, 4.69) is 12.2 Å². The van der Waals surface area contributed by atoms with Gasteiger partial charge in [0.05, 0.1) is 0 Å². The maximum absolute atomic E-state index is 12.6. The number of nitrogens with two attached hydrogens (primary N) is 1. The SMILES string of the molecule is CCCCCCCCCCCCC(=O)N1CCCCC1CNC(=O)CCN.O=C(O)/C=C/C(=O)O. The van der Waals surface area contributed by atoms with Crippen molar-refractivity contribution in [1.29, 1.82) is 0 Å². The third-order valence-corrected chi connectivity index (χ3v) is 5.97. The fourth-order valence-corrected chi connectivity index (χ4v) is 4.04. The molecule has 5 N–H and O–H groups in total. The molecule has 0 spiro atoms. The summed E-state index contributed by atoms with van der Waals surface area (Å²) >= 11 is 0. The Kier molecular flexibility index (Phi) is 20.5. The highest BCUT2D eigenvalue weighted by molar-refractivity contribution is 5.89. The maximum atomic E-state index is 12.6. The minimum Gasteiger partial charge on any atom is -0.478 e. The van der Waals surface area contributed by atoms with Crippen molar-refractivity contribution in [2.75, 3.05) is 19.6 Å². The Morgan fingerprint density at radius 2 is 1.40 bits per heavy atom.